The third kappa shape index (κ3) is 2.04. The SMILES string of the molecule is CCSCc1occc1C(=O)O. The lowest BCUT2D eigenvalue weighted by Crippen LogP contribution is -1.97. The Kier molecular flexibility index (Phi) is 3.22. The summed E-state index contributed by atoms with van der Waals surface area (Å²) in [6, 6.07) is 1.48. The quantitative estimate of drug-likeness (QED) is 0.783. The smallest absolute Gasteiger partial charge is 0.339 e. The van der Waals surface area contributed by atoms with Crippen molar-refractivity contribution in [1.29, 1.82) is 0 Å². The summed E-state index contributed by atoms with van der Waals surface area (Å²) in [5.41, 5.74) is 0.274. The summed E-state index contributed by atoms with van der Waals surface area (Å²) in [7, 11) is 0. The zero-order valence-corrected chi connectivity index (χ0v) is 7.56. The van der Waals surface area contributed by atoms with Crippen LogP contribution in [0.4, 0.5) is 0 Å². The summed E-state index contributed by atoms with van der Waals surface area (Å²) < 4.78 is 5.03. The molecule has 0 saturated carbocycles. The van der Waals surface area contributed by atoms with E-state index in [0.29, 0.717) is 11.5 Å². The summed E-state index contributed by atoms with van der Waals surface area (Å²) in [5.74, 6) is 1.22. The van der Waals surface area contributed by atoms with Gasteiger partial charge in [0.2, 0.25) is 0 Å². The van der Waals surface area contributed by atoms with Crippen molar-refractivity contribution in [3.8, 4) is 0 Å². The second-order valence-corrected chi connectivity index (χ2v) is 3.47. The third-order valence-corrected chi connectivity index (χ3v) is 2.29. The summed E-state index contributed by atoms with van der Waals surface area (Å²) in [4.78, 5) is 10.6. The van der Waals surface area contributed by atoms with Gasteiger partial charge in [-0.05, 0) is 11.8 Å². The lowest BCUT2D eigenvalue weighted by molar-refractivity contribution is 0.0695. The average molecular weight is 186 g/mol. The van der Waals surface area contributed by atoms with Gasteiger partial charge >= 0.3 is 5.97 Å². The highest BCUT2D eigenvalue weighted by atomic mass is 32.2. The van der Waals surface area contributed by atoms with Gasteiger partial charge in [0.05, 0.1) is 12.0 Å². The Balaban J connectivity index is 2.70. The first-order chi connectivity index (χ1) is 5.75. The first-order valence-electron chi connectivity index (χ1n) is 3.63. The van der Waals surface area contributed by atoms with Crippen LogP contribution < -0.4 is 0 Å². The molecule has 0 amide bonds. The van der Waals surface area contributed by atoms with Gasteiger partial charge in [0.1, 0.15) is 11.3 Å². The van der Waals surface area contributed by atoms with Gasteiger partial charge in [-0.25, -0.2) is 4.79 Å². The molecule has 0 aliphatic rings. The Hall–Kier alpha value is -0.900. The average Bonchev–Trinajstić information content (AvgIpc) is 2.48. The number of thioether (sulfide) groups is 1. The molecule has 66 valence electrons. The molecule has 0 unspecified atom stereocenters. The minimum Gasteiger partial charge on any atom is -0.478 e. The minimum atomic E-state index is -0.921. The number of carbonyl (C=O) groups is 1. The molecule has 0 aliphatic heterocycles. The first kappa shape index (κ1) is 9.19. The summed E-state index contributed by atoms with van der Waals surface area (Å²) in [6.07, 6.45) is 1.41. The monoisotopic (exact) mass is 186 g/mol. The van der Waals surface area contributed by atoms with Crippen LogP contribution in [0.1, 0.15) is 23.0 Å². The molecule has 1 heterocycles. The number of carboxylic acids is 1. The van der Waals surface area contributed by atoms with E-state index in [-0.39, 0.29) is 5.56 Å². The maximum absolute atomic E-state index is 10.6. The summed E-state index contributed by atoms with van der Waals surface area (Å²) >= 11 is 1.64. The fourth-order valence-electron chi connectivity index (χ4n) is 0.838. The fourth-order valence-corrected chi connectivity index (χ4v) is 1.45. The van der Waals surface area contributed by atoms with Crippen LogP contribution in [-0.2, 0) is 5.75 Å². The third-order valence-electron chi connectivity index (χ3n) is 1.41. The van der Waals surface area contributed by atoms with Gasteiger partial charge in [0.15, 0.2) is 0 Å². The molecule has 0 aliphatic carbocycles. The van der Waals surface area contributed by atoms with Gasteiger partial charge in [0.25, 0.3) is 0 Å². The van der Waals surface area contributed by atoms with Crippen molar-refractivity contribution in [2.75, 3.05) is 5.75 Å². The van der Waals surface area contributed by atoms with Gasteiger partial charge in [-0.1, -0.05) is 6.92 Å². The molecule has 0 aromatic carbocycles. The second kappa shape index (κ2) is 4.21. The molecule has 0 saturated heterocycles. The predicted molar refractivity (Wildman–Crippen MR) is 47.5 cm³/mol. The van der Waals surface area contributed by atoms with Crippen molar-refractivity contribution in [2.24, 2.45) is 0 Å². The first-order valence-corrected chi connectivity index (χ1v) is 4.78. The van der Waals surface area contributed by atoms with Crippen molar-refractivity contribution in [2.45, 2.75) is 12.7 Å². The Bertz CT molecular complexity index is 267. The van der Waals surface area contributed by atoms with Crippen LogP contribution in [0.3, 0.4) is 0 Å². The maximum atomic E-state index is 10.6. The highest BCUT2D eigenvalue weighted by molar-refractivity contribution is 7.98. The molecule has 0 radical (unpaired) electrons. The topological polar surface area (TPSA) is 50.4 Å². The number of carboxylic acid groups (broad SMARTS) is 1. The van der Waals surface area contributed by atoms with E-state index < -0.39 is 5.97 Å². The lowest BCUT2D eigenvalue weighted by atomic mass is 10.3. The van der Waals surface area contributed by atoms with Crippen LogP contribution in [0.15, 0.2) is 16.7 Å². The molecular formula is C8H10O3S. The van der Waals surface area contributed by atoms with Crippen LogP contribution in [0.5, 0.6) is 0 Å². The van der Waals surface area contributed by atoms with Crippen LogP contribution in [0, 0.1) is 0 Å². The van der Waals surface area contributed by atoms with Crippen LogP contribution in [-0.4, -0.2) is 16.8 Å². The molecule has 0 spiro atoms. The van der Waals surface area contributed by atoms with Gasteiger partial charge in [-0.2, -0.15) is 11.8 Å². The van der Waals surface area contributed by atoms with Crippen molar-refractivity contribution in [1.82, 2.24) is 0 Å². The Morgan fingerprint density at radius 3 is 3.08 bits per heavy atom. The molecule has 1 aromatic heterocycles. The number of hydrogen-bond donors (Lipinski definition) is 1. The Morgan fingerprint density at radius 2 is 2.50 bits per heavy atom. The predicted octanol–water partition coefficient (Wildman–Crippen LogP) is 2.23. The van der Waals surface area contributed by atoms with Gasteiger partial charge < -0.3 is 9.52 Å². The van der Waals surface area contributed by atoms with Gasteiger partial charge in [0, 0.05) is 0 Å². The van der Waals surface area contributed by atoms with Gasteiger partial charge in [-0.3, -0.25) is 0 Å². The van der Waals surface area contributed by atoms with Crippen molar-refractivity contribution < 1.29 is 14.3 Å². The molecule has 0 atom stereocenters. The molecule has 1 rings (SSSR count). The Labute approximate surface area is 74.8 Å². The highest BCUT2D eigenvalue weighted by Crippen LogP contribution is 2.17. The number of rotatable bonds is 4. The van der Waals surface area contributed by atoms with Crippen molar-refractivity contribution in [3.05, 3.63) is 23.7 Å². The zero-order chi connectivity index (χ0) is 8.97. The molecule has 1 N–H and O–H groups in total. The van der Waals surface area contributed by atoms with E-state index >= 15 is 0 Å². The normalized spacial score (nSPS) is 10.1. The number of furan rings is 1. The summed E-state index contributed by atoms with van der Waals surface area (Å²) in [6.45, 7) is 2.02. The molecule has 0 bridgehead atoms. The van der Waals surface area contributed by atoms with E-state index in [0.717, 1.165) is 5.75 Å². The molecule has 3 nitrogen and oxygen atoms in total. The number of aromatic carboxylic acids is 1. The fraction of sp³-hybridized carbons (Fsp3) is 0.375. The molecule has 12 heavy (non-hydrogen) atoms. The van der Waals surface area contributed by atoms with Crippen molar-refractivity contribution >= 4 is 17.7 Å². The van der Waals surface area contributed by atoms with E-state index in [1.165, 1.54) is 12.3 Å². The van der Waals surface area contributed by atoms with E-state index in [1.807, 2.05) is 6.92 Å². The van der Waals surface area contributed by atoms with E-state index in [1.54, 1.807) is 11.8 Å². The van der Waals surface area contributed by atoms with E-state index in [9.17, 15) is 4.79 Å². The molecule has 0 fully saturated rings. The van der Waals surface area contributed by atoms with Gasteiger partial charge in [-0.15, -0.1) is 0 Å². The van der Waals surface area contributed by atoms with E-state index in [2.05, 4.69) is 0 Å². The van der Waals surface area contributed by atoms with Crippen LogP contribution in [0.2, 0.25) is 0 Å². The Morgan fingerprint density at radius 1 is 1.75 bits per heavy atom. The van der Waals surface area contributed by atoms with Crippen molar-refractivity contribution in [3.63, 3.8) is 0 Å². The maximum Gasteiger partial charge on any atom is 0.339 e. The standard InChI is InChI=1S/C8H10O3S/c1-2-12-5-7-6(8(9)10)3-4-11-7/h3-4H,2,5H2,1H3,(H,9,10). The van der Waals surface area contributed by atoms with Crippen LogP contribution >= 0.6 is 11.8 Å². The van der Waals surface area contributed by atoms with E-state index in [4.69, 9.17) is 9.52 Å². The summed E-state index contributed by atoms with van der Waals surface area (Å²) in [5, 5.41) is 8.68. The molecule has 4 heteroatoms. The largest absolute Gasteiger partial charge is 0.478 e. The minimum absolute atomic E-state index is 0.274. The molecule has 1 aromatic rings. The second-order valence-electron chi connectivity index (χ2n) is 2.20. The molecular weight excluding hydrogens is 176 g/mol. The zero-order valence-electron chi connectivity index (χ0n) is 6.74. The highest BCUT2D eigenvalue weighted by Gasteiger charge is 2.12. The lowest BCUT2D eigenvalue weighted by Gasteiger charge is -1.95. The number of hydrogen-bond acceptors (Lipinski definition) is 3. The van der Waals surface area contributed by atoms with Crippen LogP contribution in [0.25, 0.3) is 0 Å².